The van der Waals surface area contributed by atoms with Crippen LogP contribution in [0, 0.1) is 17.0 Å². The van der Waals surface area contributed by atoms with Crippen LogP contribution in [0.5, 0.6) is 5.75 Å². The van der Waals surface area contributed by atoms with Crippen LogP contribution in [0.4, 0.5) is 17.6 Å². The van der Waals surface area contributed by atoms with E-state index in [-0.39, 0.29) is 47.7 Å². The third-order valence-corrected chi connectivity index (χ3v) is 7.90. The number of esters is 1. The van der Waals surface area contributed by atoms with Crippen molar-refractivity contribution in [1.82, 2.24) is 0 Å². The minimum atomic E-state index is -2.70. The van der Waals surface area contributed by atoms with E-state index in [1.54, 1.807) is 24.3 Å². The third-order valence-electron chi connectivity index (χ3n) is 7.90. The zero-order valence-corrected chi connectivity index (χ0v) is 24.0. The summed E-state index contributed by atoms with van der Waals surface area (Å²) in [6.45, 7) is 4.40. The van der Waals surface area contributed by atoms with Gasteiger partial charge in [-0.25, -0.2) is 17.6 Å². The lowest BCUT2D eigenvalue weighted by atomic mass is 9.75. The first kappa shape index (κ1) is 30.6. The SMILES string of the molecule is C1CC1.COC(=O)CCc1cccc(OCc2ccc(-c3cc(C(F)F)ccc3F)c(C3CCCC3(C)C)c2)c1F. The maximum atomic E-state index is 15.0. The second-order valence-electron chi connectivity index (χ2n) is 11.5. The quantitative estimate of drug-likeness (QED) is 0.190. The van der Waals surface area contributed by atoms with Crippen LogP contribution < -0.4 is 4.74 Å². The zero-order chi connectivity index (χ0) is 29.6. The smallest absolute Gasteiger partial charge is 0.305 e. The summed E-state index contributed by atoms with van der Waals surface area (Å²) >= 11 is 0. The molecule has 3 nitrogen and oxygen atoms in total. The van der Waals surface area contributed by atoms with E-state index in [4.69, 9.17) is 4.74 Å². The lowest BCUT2D eigenvalue weighted by Crippen LogP contribution is -2.17. The van der Waals surface area contributed by atoms with Crippen LogP contribution in [0.15, 0.2) is 54.6 Å². The van der Waals surface area contributed by atoms with Gasteiger partial charge < -0.3 is 9.47 Å². The number of halogens is 4. The van der Waals surface area contributed by atoms with Crippen LogP contribution in [-0.4, -0.2) is 13.1 Å². The molecule has 5 rings (SSSR count). The molecule has 2 fully saturated rings. The maximum absolute atomic E-state index is 15.0. The molecule has 2 aliphatic carbocycles. The van der Waals surface area contributed by atoms with Crippen molar-refractivity contribution in [1.29, 1.82) is 0 Å². The van der Waals surface area contributed by atoms with Crippen LogP contribution in [0.3, 0.4) is 0 Å². The molecule has 0 saturated heterocycles. The van der Waals surface area contributed by atoms with Crippen molar-refractivity contribution in [3.8, 4) is 16.9 Å². The predicted octanol–water partition coefficient (Wildman–Crippen LogP) is 9.72. The summed E-state index contributed by atoms with van der Waals surface area (Å²) in [6.07, 6.45) is 4.96. The van der Waals surface area contributed by atoms with Crippen LogP contribution in [-0.2, 0) is 22.6 Å². The number of alkyl halides is 2. The highest BCUT2D eigenvalue weighted by Gasteiger charge is 2.37. The van der Waals surface area contributed by atoms with Crippen molar-refractivity contribution < 1.29 is 31.8 Å². The number of carbonyl (C=O) groups is 1. The van der Waals surface area contributed by atoms with Gasteiger partial charge in [-0.2, -0.15) is 0 Å². The first-order valence-electron chi connectivity index (χ1n) is 14.3. The van der Waals surface area contributed by atoms with Gasteiger partial charge in [0.15, 0.2) is 11.6 Å². The number of carbonyl (C=O) groups excluding carboxylic acids is 1. The Morgan fingerprint density at radius 2 is 1.73 bits per heavy atom. The number of benzene rings is 3. The van der Waals surface area contributed by atoms with E-state index in [0.29, 0.717) is 11.1 Å². The molecule has 41 heavy (non-hydrogen) atoms. The lowest BCUT2D eigenvalue weighted by molar-refractivity contribution is -0.140. The minimum Gasteiger partial charge on any atom is -0.486 e. The molecule has 220 valence electrons. The van der Waals surface area contributed by atoms with Gasteiger partial charge >= 0.3 is 5.97 Å². The largest absolute Gasteiger partial charge is 0.486 e. The zero-order valence-electron chi connectivity index (χ0n) is 24.0. The summed E-state index contributed by atoms with van der Waals surface area (Å²) in [5, 5.41) is 0. The molecule has 0 N–H and O–H groups in total. The monoisotopic (exact) mass is 570 g/mol. The topological polar surface area (TPSA) is 35.5 Å². The van der Waals surface area contributed by atoms with Gasteiger partial charge in [-0.3, -0.25) is 4.79 Å². The van der Waals surface area contributed by atoms with E-state index in [1.807, 2.05) is 6.07 Å². The average Bonchev–Trinajstić information content (AvgIpc) is 3.80. The molecule has 7 heteroatoms. The van der Waals surface area contributed by atoms with Gasteiger partial charge in [-0.1, -0.05) is 75.9 Å². The molecule has 0 bridgehead atoms. The van der Waals surface area contributed by atoms with Crippen molar-refractivity contribution in [3.63, 3.8) is 0 Å². The summed E-state index contributed by atoms with van der Waals surface area (Å²) in [5.41, 5.74) is 2.45. The van der Waals surface area contributed by atoms with Crippen molar-refractivity contribution in [2.75, 3.05) is 7.11 Å². The Morgan fingerprint density at radius 3 is 2.37 bits per heavy atom. The molecule has 3 aromatic carbocycles. The standard InChI is InChI=1S/C31H32F4O3.C3H6/c1-31(2)15-5-7-25(31)23-16-19(9-12-22(23)24-17-21(30(34)35)10-13-26(24)32)18-38-27-8-4-6-20(29(27)33)11-14-28(36)37-3;1-2-3-1/h4,6,8-10,12-13,16-17,25,30H,5,7,11,14-15,18H2,1-3H3;1-3H2. The summed E-state index contributed by atoms with van der Waals surface area (Å²) < 4.78 is 67.2. The van der Waals surface area contributed by atoms with Crippen LogP contribution in [0.1, 0.15) is 93.4 Å². The fourth-order valence-corrected chi connectivity index (χ4v) is 5.38. The average molecular weight is 571 g/mol. The highest BCUT2D eigenvalue weighted by molar-refractivity contribution is 5.71. The number of hydrogen-bond donors (Lipinski definition) is 0. The molecule has 0 amide bonds. The van der Waals surface area contributed by atoms with Crippen LogP contribution in [0.25, 0.3) is 11.1 Å². The van der Waals surface area contributed by atoms with E-state index >= 15 is 4.39 Å². The molecule has 2 saturated carbocycles. The summed E-state index contributed by atoms with van der Waals surface area (Å²) in [4.78, 5) is 11.4. The molecule has 0 aliphatic heterocycles. The molecule has 1 atom stereocenters. The predicted molar refractivity (Wildman–Crippen MR) is 152 cm³/mol. The number of ether oxygens (including phenoxy) is 2. The molecule has 0 radical (unpaired) electrons. The number of hydrogen-bond acceptors (Lipinski definition) is 3. The van der Waals surface area contributed by atoms with E-state index in [1.165, 1.54) is 38.5 Å². The Hall–Kier alpha value is -3.35. The molecule has 1 unspecified atom stereocenters. The highest BCUT2D eigenvalue weighted by Crippen LogP contribution is 2.51. The fraction of sp³-hybridized carbons (Fsp3) is 0.441. The van der Waals surface area contributed by atoms with Gasteiger partial charge in [0.1, 0.15) is 12.4 Å². The number of rotatable bonds is 9. The summed E-state index contributed by atoms with van der Waals surface area (Å²) in [7, 11) is 1.29. The van der Waals surface area contributed by atoms with Crippen molar-refractivity contribution >= 4 is 5.97 Å². The summed E-state index contributed by atoms with van der Waals surface area (Å²) in [6, 6.07) is 13.7. The molecule has 0 spiro atoms. The molecular formula is C34H38F4O3. The molecule has 2 aliphatic rings. The Balaban J connectivity index is 0.00000121. The number of methoxy groups -OCH3 is 1. The third kappa shape index (κ3) is 7.90. The van der Waals surface area contributed by atoms with Gasteiger partial charge in [-0.15, -0.1) is 0 Å². The Kier molecular flexibility index (Phi) is 10.1. The minimum absolute atomic E-state index is 0.0505. The number of aryl methyl sites for hydroxylation is 1. The Labute approximate surface area is 239 Å². The normalized spacial score (nSPS) is 17.1. The fourth-order valence-electron chi connectivity index (χ4n) is 5.38. The maximum Gasteiger partial charge on any atom is 0.305 e. The van der Waals surface area contributed by atoms with Crippen molar-refractivity contribution in [2.45, 2.75) is 84.2 Å². The van der Waals surface area contributed by atoms with Crippen molar-refractivity contribution in [3.05, 3.63) is 88.5 Å². The van der Waals surface area contributed by atoms with Crippen molar-refractivity contribution in [2.24, 2.45) is 5.41 Å². The van der Waals surface area contributed by atoms with E-state index in [9.17, 15) is 18.0 Å². The van der Waals surface area contributed by atoms with E-state index < -0.39 is 24.0 Å². The summed E-state index contributed by atoms with van der Waals surface area (Å²) in [5.74, 6) is -1.34. The molecule has 3 aromatic rings. The second-order valence-corrected chi connectivity index (χ2v) is 11.5. The van der Waals surface area contributed by atoms with Gasteiger partial charge in [-0.05, 0) is 71.0 Å². The molecule has 0 heterocycles. The van der Waals surface area contributed by atoms with Gasteiger partial charge in [0.25, 0.3) is 6.43 Å². The Bertz CT molecular complexity index is 1350. The van der Waals surface area contributed by atoms with Crippen LogP contribution in [0.2, 0.25) is 0 Å². The van der Waals surface area contributed by atoms with E-state index in [0.717, 1.165) is 42.5 Å². The lowest BCUT2D eigenvalue weighted by Gasteiger charge is -2.30. The first-order chi connectivity index (χ1) is 19.6. The van der Waals surface area contributed by atoms with Gasteiger partial charge in [0.05, 0.1) is 7.11 Å². The second kappa shape index (κ2) is 13.5. The van der Waals surface area contributed by atoms with Crippen LogP contribution >= 0.6 is 0 Å². The highest BCUT2D eigenvalue weighted by atomic mass is 19.3. The first-order valence-corrected chi connectivity index (χ1v) is 14.3. The van der Waals surface area contributed by atoms with E-state index in [2.05, 4.69) is 18.6 Å². The molecular weight excluding hydrogens is 532 g/mol. The molecule has 0 aromatic heterocycles. The van der Waals surface area contributed by atoms with Gasteiger partial charge in [0.2, 0.25) is 0 Å². The Morgan fingerprint density at radius 1 is 0.976 bits per heavy atom. The van der Waals surface area contributed by atoms with Gasteiger partial charge in [0, 0.05) is 17.5 Å².